The van der Waals surface area contributed by atoms with Gasteiger partial charge in [0, 0.05) is 0 Å². The summed E-state index contributed by atoms with van der Waals surface area (Å²) in [5, 5.41) is -0.542. The highest BCUT2D eigenvalue weighted by Gasteiger charge is 2.36. The Bertz CT molecular complexity index is 1070. The molecule has 2 aromatic carbocycles. The third-order valence-electron chi connectivity index (χ3n) is 4.31. The largest absolute Gasteiger partial charge is 0.493 e. The van der Waals surface area contributed by atoms with E-state index in [1.54, 1.807) is 31.2 Å². The minimum absolute atomic E-state index is 0.161. The number of amides is 2. The van der Waals surface area contributed by atoms with Crippen molar-refractivity contribution in [2.24, 2.45) is 0 Å². The van der Waals surface area contributed by atoms with Crippen LogP contribution in [0.5, 0.6) is 11.5 Å². The van der Waals surface area contributed by atoms with Gasteiger partial charge in [0.05, 0.1) is 23.1 Å². The summed E-state index contributed by atoms with van der Waals surface area (Å²) in [5.74, 6) is -0.714. The highest BCUT2D eigenvalue weighted by Crippen LogP contribution is 2.39. The predicted octanol–water partition coefficient (Wildman–Crippen LogP) is 4.78. The molecule has 1 aliphatic heterocycles. The number of thioether (sulfide) groups is 1. The smallest absolute Gasteiger partial charge is 0.326 e. The molecule has 2 aromatic rings. The number of methoxy groups -OCH3 is 1. The number of carbonyl (C=O) groups excluding carboxylic acids is 3. The Morgan fingerprint density at radius 3 is 2.59 bits per heavy atom. The van der Waals surface area contributed by atoms with Gasteiger partial charge in [-0.15, -0.1) is 0 Å². The second-order valence-electron chi connectivity index (χ2n) is 6.52. The molecule has 0 atom stereocenters. The number of nitrogens with zero attached hydrogens (tertiary/aromatic N) is 1. The van der Waals surface area contributed by atoms with Crippen LogP contribution in [0.2, 0.25) is 0 Å². The summed E-state index contributed by atoms with van der Waals surface area (Å²) in [7, 11) is 1.48. The Balaban J connectivity index is 1.78. The van der Waals surface area contributed by atoms with Crippen molar-refractivity contribution >= 4 is 50.9 Å². The zero-order valence-electron chi connectivity index (χ0n) is 17.2. The monoisotopic (exact) mass is 523 g/mol. The number of hydrogen-bond donors (Lipinski definition) is 0. The molecule has 3 rings (SSSR count). The molecule has 0 aromatic heterocycles. The van der Waals surface area contributed by atoms with Crippen LogP contribution in [0.15, 0.2) is 45.8 Å². The molecular weight excluding hydrogens is 505 g/mol. The van der Waals surface area contributed by atoms with E-state index in [-0.39, 0.29) is 23.9 Å². The fourth-order valence-corrected chi connectivity index (χ4v) is 4.24. The average molecular weight is 524 g/mol. The zero-order valence-corrected chi connectivity index (χ0v) is 19.6. The number of ether oxygens (including phenoxy) is 3. The van der Waals surface area contributed by atoms with Crippen LogP contribution in [0.1, 0.15) is 18.1 Å². The van der Waals surface area contributed by atoms with Gasteiger partial charge in [-0.05, 0) is 76.1 Å². The highest BCUT2D eigenvalue weighted by atomic mass is 79.9. The van der Waals surface area contributed by atoms with E-state index in [9.17, 15) is 18.8 Å². The number of carbonyl (C=O) groups is 3. The molecule has 2 amide bonds. The molecule has 0 aliphatic carbocycles. The fourth-order valence-electron chi connectivity index (χ4n) is 2.82. The lowest BCUT2D eigenvalue weighted by Crippen LogP contribution is -2.34. The van der Waals surface area contributed by atoms with Gasteiger partial charge in [-0.1, -0.05) is 12.1 Å². The Labute approximate surface area is 196 Å². The van der Waals surface area contributed by atoms with Gasteiger partial charge in [0.15, 0.2) is 11.5 Å². The first-order valence-corrected chi connectivity index (χ1v) is 11.1. The first-order valence-electron chi connectivity index (χ1n) is 9.48. The van der Waals surface area contributed by atoms with Crippen molar-refractivity contribution in [3.63, 3.8) is 0 Å². The molecule has 0 unspecified atom stereocenters. The number of halogens is 2. The van der Waals surface area contributed by atoms with E-state index in [0.717, 1.165) is 22.2 Å². The van der Waals surface area contributed by atoms with Gasteiger partial charge in [0.25, 0.3) is 11.1 Å². The molecule has 1 fully saturated rings. The van der Waals surface area contributed by atoms with E-state index in [4.69, 9.17) is 14.2 Å². The number of esters is 1. The van der Waals surface area contributed by atoms with Crippen molar-refractivity contribution in [3.8, 4) is 11.5 Å². The van der Waals surface area contributed by atoms with E-state index < -0.39 is 23.7 Å². The van der Waals surface area contributed by atoms with Crippen molar-refractivity contribution in [2.75, 3.05) is 20.3 Å². The summed E-state index contributed by atoms with van der Waals surface area (Å²) in [6, 6.07) is 9.31. The Morgan fingerprint density at radius 2 is 1.94 bits per heavy atom. The quantitative estimate of drug-likeness (QED) is 0.363. The minimum Gasteiger partial charge on any atom is -0.493 e. The second kappa shape index (κ2) is 10.6. The van der Waals surface area contributed by atoms with Crippen LogP contribution in [0, 0.1) is 5.82 Å². The molecule has 1 heterocycles. The van der Waals surface area contributed by atoms with Crippen LogP contribution in [0.3, 0.4) is 0 Å². The van der Waals surface area contributed by atoms with E-state index in [0.29, 0.717) is 21.5 Å². The van der Waals surface area contributed by atoms with Crippen molar-refractivity contribution in [1.29, 1.82) is 0 Å². The van der Waals surface area contributed by atoms with Crippen LogP contribution in [0.25, 0.3) is 6.08 Å². The van der Waals surface area contributed by atoms with Crippen LogP contribution in [-0.4, -0.2) is 42.3 Å². The van der Waals surface area contributed by atoms with Gasteiger partial charge in [-0.2, -0.15) is 0 Å². The molecule has 0 spiro atoms. The maximum atomic E-state index is 13.1. The van der Waals surface area contributed by atoms with E-state index in [1.165, 1.54) is 25.3 Å². The molecule has 0 bridgehead atoms. The molecule has 7 nitrogen and oxygen atoms in total. The van der Waals surface area contributed by atoms with Crippen LogP contribution >= 0.6 is 27.7 Å². The highest BCUT2D eigenvalue weighted by molar-refractivity contribution is 9.10. The van der Waals surface area contributed by atoms with Crippen molar-refractivity contribution < 1.29 is 33.0 Å². The van der Waals surface area contributed by atoms with Crippen LogP contribution < -0.4 is 9.47 Å². The molecule has 10 heteroatoms. The van der Waals surface area contributed by atoms with Crippen molar-refractivity contribution in [2.45, 2.75) is 13.5 Å². The second-order valence-corrected chi connectivity index (χ2v) is 8.37. The molecule has 32 heavy (non-hydrogen) atoms. The van der Waals surface area contributed by atoms with Gasteiger partial charge in [0.2, 0.25) is 0 Å². The molecule has 1 saturated heterocycles. The van der Waals surface area contributed by atoms with Gasteiger partial charge < -0.3 is 14.2 Å². The third kappa shape index (κ3) is 5.68. The van der Waals surface area contributed by atoms with Gasteiger partial charge in [-0.25, -0.2) is 4.39 Å². The summed E-state index contributed by atoms with van der Waals surface area (Å²) < 4.78 is 29.7. The minimum atomic E-state index is -0.650. The summed E-state index contributed by atoms with van der Waals surface area (Å²) in [6.07, 6.45) is 1.53. The SMILES string of the molecule is CCOC(=O)CN1C(=O)S/C(=C/c2cc(Br)c(OCc3ccc(F)cc3)c(OC)c2)C1=O. The summed E-state index contributed by atoms with van der Waals surface area (Å²) >= 11 is 4.18. The summed E-state index contributed by atoms with van der Waals surface area (Å²) in [5.41, 5.74) is 1.36. The van der Waals surface area contributed by atoms with Gasteiger partial charge >= 0.3 is 5.97 Å². The Hall–Kier alpha value is -2.85. The topological polar surface area (TPSA) is 82.1 Å². The molecular formula is C22H19BrFNO6S. The zero-order chi connectivity index (χ0) is 23.3. The molecule has 0 N–H and O–H groups in total. The number of hydrogen-bond acceptors (Lipinski definition) is 7. The standard InChI is InChI=1S/C22H19BrFNO6S/c1-3-30-19(26)11-25-21(27)18(32-22(25)28)10-14-8-16(23)20(17(9-14)29-2)31-12-13-4-6-15(24)7-5-13/h4-10H,3,11-12H2,1-2H3/b18-10+. The number of benzene rings is 2. The average Bonchev–Trinajstić information content (AvgIpc) is 3.01. The summed E-state index contributed by atoms with van der Waals surface area (Å²) in [6.45, 7) is 1.57. The van der Waals surface area contributed by atoms with Gasteiger partial charge in [0.1, 0.15) is 19.0 Å². The normalized spacial score (nSPS) is 14.8. The predicted molar refractivity (Wildman–Crippen MR) is 121 cm³/mol. The fraction of sp³-hybridized carbons (Fsp3) is 0.227. The lowest BCUT2D eigenvalue weighted by atomic mass is 10.1. The molecule has 0 saturated carbocycles. The van der Waals surface area contributed by atoms with E-state index >= 15 is 0 Å². The lowest BCUT2D eigenvalue weighted by Gasteiger charge is -2.14. The maximum Gasteiger partial charge on any atom is 0.326 e. The van der Waals surface area contributed by atoms with Crippen LogP contribution in [0.4, 0.5) is 9.18 Å². The van der Waals surface area contributed by atoms with E-state index in [1.807, 2.05) is 0 Å². The van der Waals surface area contributed by atoms with Gasteiger partial charge in [-0.3, -0.25) is 19.3 Å². The number of imide groups is 1. The van der Waals surface area contributed by atoms with Crippen molar-refractivity contribution in [3.05, 3.63) is 62.7 Å². The van der Waals surface area contributed by atoms with E-state index in [2.05, 4.69) is 15.9 Å². The first-order chi connectivity index (χ1) is 15.3. The van der Waals surface area contributed by atoms with Crippen LogP contribution in [-0.2, 0) is 20.9 Å². The third-order valence-corrected chi connectivity index (χ3v) is 5.81. The Kier molecular flexibility index (Phi) is 7.92. The maximum absolute atomic E-state index is 13.1. The molecule has 168 valence electrons. The Morgan fingerprint density at radius 1 is 1.22 bits per heavy atom. The number of rotatable bonds is 8. The summed E-state index contributed by atoms with van der Waals surface area (Å²) in [4.78, 5) is 37.4. The lowest BCUT2D eigenvalue weighted by molar-refractivity contribution is -0.145. The molecule has 0 radical (unpaired) electrons. The van der Waals surface area contributed by atoms with Crippen molar-refractivity contribution in [1.82, 2.24) is 4.90 Å². The first kappa shape index (κ1) is 23.8. The molecule has 1 aliphatic rings.